The number of carboxylic acids is 1. The summed E-state index contributed by atoms with van der Waals surface area (Å²) in [6, 6.07) is 0.181. The second kappa shape index (κ2) is 5.95. The molecule has 2 unspecified atom stereocenters. The van der Waals surface area contributed by atoms with E-state index in [0.717, 1.165) is 13.0 Å². The molecule has 4 N–H and O–H groups in total. The van der Waals surface area contributed by atoms with Gasteiger partial charge in [0.2, 0.25) is 0 Å². The van der Waals surface area contributed by atoms with Crippen LogP contribution in [0.2, 0.25) is 0 Å². The van der Waals surface area contributed by atoms with Crippen LogP contribution < -0.4 is 11.1 Å². The predicted octanol–water partition coefficient (Wildman–Crippen LogP) is -0.443. The molecule has 0 spiro atoms. The molecular weight excluding hydrogens is 184 g/mol. The molecule has 0 radical (unpaired) electrons. The molecular formula is C9H18N2O3. The summed E-state index contributed by atoms with van der Waals surface area (Å²) >= 11 is 0. The van der Waals surface area contributed by atoms with Gasteiger partial charge in [-0.2, -0.15) is 0 Å². The van der Waals surface area contributed by atoms with E-state index in [-0.39, 0.29) is 18.6 Å². The van der Waals surface area contributed by atoms with E-state index >= 15 is 0 Å². The van der Waals surface area contributed by atoms with E-state index in [0.29, 0.717) is 19.6 Å². The second-order valence-electron chi connectivity index (χ2n) is 3.57. The molecule has 14 heavy (non-hydrogen) atoms. The van der Waals surface area contributed by atoms with E-state index in [1.54, 1.807) is 0 Å². The summed E-state index contributed by atoms with van der Waals surface area (Å²) in [5, 5.41) is 11.8. The minimum absolute atomic E-state index is 0.181. The van der Waals surface area contributed by atoms with Crippen molar-refractivity contribution in [1.29, 1.82) is 0 Å². The van der Waals surface area contributed by atoms with E-state index in [4.69, 9.17) is 15.6 Å². The van der Waals surface area contributed by atoms with Crippen molar-refractivity contribution in [2.45, 2.75) is 31.4 Å². The van der Waals surface area contributed by atoms with Crippen LogP contribution in [0.5, 0.6) is 0 Å². The summed E-state index contributed by atoms with van der Waals surface area (Å²) in [5.41, 5.74) is 5.41. The van der Waals surface area contributed by atoms with Crippen LogP contribution in [0.15, 0.2) is 0 Å². The van der Waals surface area contributed by atoms with Gasteiger partial charge in [0.05, 0.1) is 12.7 Å². The number of rotatable bonds is 5. The molecule has 82 valence electrons. The van der Waals surface area contributed by atoms with Crippen molar-refractivity contribution in [3.63, 3.8) is 0 Å². The molecule has 0 bridgehead atoms. The number of ether oxygens (including phenoxy) is 1. The molecule has 1 aliphatic rings. The van der Waals surface area contributed by atoms with E-state index < -0.39 is 5.97 Å². The summed E-state index contributed by atoms with van der Waals surface area (Å²) in [6.45, 7) is 2.01. The van der Waals surface area contributed by atoms with Gasteiger partial charge in [-0.05, 0) is 19.4 Å². The summed E-state index contributed by atoms with van der Waals surface area (Å²) in [4.78, 5) is 10.3. The van der Waals surface area contributed by atoms with Crippen molar-refractivity contribution in [3.8, 4) is 0 Å². The predicted molar refractivity (Wildman–Crippen MR) is 52.1 cm³/mol. The quantitative estimate of drug-likeness (QED) is 0.562. The highest BCUT2D eigenvalue weighted by atomic mass is 16.5. The highest BCUT2D eigenvalue weighted by molar-refractivity contribution is 5.66. The zero-order valence-electron chi connectivity index (χ0n) is 8.24. The van der Waals surface area contributed by atoms with Crippen LogP contribution in [0.1, 0.15) is 19.3 Å². The Hall–Kier alpha value is -0.650. The van der Waals surface area contributed by atoms with Crippen LogP contribution >= 0.6 is 0 Å². The minimum Gasteiger partial charge on any atom is -0.481 e. The first-order valence-electron chi connectivity index (χ1n) is 4.99. The fraction of sp³-hybridized carbons (Fsp3) is 0.889. The molecule has 0 aromatic heterocycles. The number of nitrogens with two attached hydrogens (primary N) is 1. The summed E-state index contributed by atoms with van der Waals surface area (Å²) in [6.07, 6.45) is 1.88. The number of nitrogens with one attached hydrogen (secondary N) is 1. The lowest BCUT2D eigenvalue weighted by Gasteiger charge is -2.29. The summed E-state index contributed by atoms with van der Waals surface area (Å²) in [7, 11) is 0. The zero-order chi connectivity index (χ0) is 10.4. The molecule has 0 amide bonds. The molecule has 1 rings (SSSR count). The van der Waals surface area contributed by atoms with Crippen molar-refractivity contribution in [1.82, 2.24) is 5.32 Å². The lowest BCUT2D eigenvalue weighted by molar-refractivity contribution is -0.137. The van der Waals surface area contributed by atoms with Gasteiger partial charge in [0.15, 0.2) is 0 Å². The topological polar surface area (TPSA) is 84.6 Å². The van der Waals surface area contributed by atoms with E-state index in [2.05, 4.69) is 5.32 Å². The Morgan fingerprint density at radius 1 is 1.57 bits per heavy atom. The molecule has 1 fully saturated rings. The third-order valence-electron chi connectivity index (χ3n) is 2.36. The van der Waals surface area contributed by atoms with Gasteiger partial charge in [0, 0.05) is 19.0 Å². The maximum absolute atomic E-state index is 10.3. The van der Waals surface area contributed by atoms with Gasteiger partial charge >= 0.3 is 5.97 Å². The van der Waals surface area contributed by atoms with Crippen LogP contribution in [-0.4, -0.2) is 42.9 Å². The van der Waals surface area contributed by atoms with E-state index in [9.17, 15) is 4.79 Å². The molecule has 5 nitrogen and oxygen atoms in total. The Bertz CT molecular complexity index is 179. The van der Waals surface area contributed by atoms with Crippen molar-refractivity contribution in [3.05, 3.63) is 0 Å². The monoisotopic (exact) mass is 202 g/mol. The average Bonchev–Trinajstić information content (AvgIpc) is 2.17. The Balaban J connectivity index is 2.12. The first-order chi connectivity index (χ1) is 6.72. The number of carboxylic acid groups (broad SMARTS) is 1. The molecule has 0 saturated carbocycles. The SMILES string of the molecule is NCCC1CNC(CCC(=O)O)CO1. The van der Waals surface area contributed by atoms with Crippen LogP contribution in [0.3, 0.4) is 0 Å². The van der Waals surface area contributed by atoms with Crippen molar-refractivity contribution >= 4 is 5.97 Å². The Labute approximate surface area is 83.6 Å². The molecule has 0 aliphatic carbocycles. The van der Waals surface area contributed by atoms with E-state index in [1.165, 1.54) is 0 Å². The first kappa shape index (κ1) is 11.4. The zero-order valence-corrected chi connectivity index (χ0v) is 8.24. The lowest BCUT2D eigenvalue weighted by atomic mass is 10.1. The number of morpholine rings is 1. The summed E-state index contributed by atoms with van der Waals surface area (Å²) < 4.78 is 5.53. The van der Waals surface area contributed by atoms with E-state index in [1.807, 2.05) is 0 Å². The van der Waals surface area contributed by atoms with Gasteiger partial charge in [-0.25, -0.2) is 0 Å². The fourth-order valence-electron chi connectivity index (χ4n) is 1.52. The Kier molecular flexibility index (Phi) is 4.86. The van der Waals surface area contributed by atoms with Gasteiger partial charge in [0.1, 0.15) is 0 Å². The highest BCUT2D eigenvalue weighted by Gasteiger charge is 2.20. The Morgan fingerprint density at radius 2 is 2.36 bits per heavy atom. The normalized spacial score (nSPS) is 27.5. The van der Waals surface area contributed by atoms with Gasteiger partial charge in [-0.1, -0.05) is 0 Å². The number of hydrogen-bond acceptors (Lipinski definition) is 4. The number of hydrogen-bond donors (Lipinski definition) is 3. The highest BCUT2D eigenvalue weighted by Crippen LogP contribution is 2.08. The standard InChI is InChI=1S/C9H18N2O3/c10-4-3-8-5-11-7(6-14-8)1-2-9(12)13/h7-8,11H,1-6,10H2,(H,12,13). The number of aliphatic carboxylic acids is 1. The maximum Gasteiger partial charge on any atom is 0.303 e. The third-order valence-corrected chi connectivity index (χ3v) is 2.36. The lowest BCUT2D eigenvalue weighted by Crippen LogP contribution is -2.47. The molecule has 5 heteroatoms. The third kappa shape index (κ3) is 4.04. The molecule has 1 heterocycles. The van der Waals surface area contributed by atoms with Crippen molar-refractivity contribution in [2.24, 2.45) is 5.73 Å². The van der Waals surface area contributed by atoms with Gasteiger partial charge in [-0.15, -0.1) is 0 Å². The van der Waals surface area contributed by atoms with Crippen LogP contribution in [-0.2, 0) is 9.53 Å². The smallest absolute Gasteiger partial charge is 0.303 e. The fourth-order valence-corrected chi connectivity index (χ4v) is 1.52. The molecule has 0 aromatic rings. The Morgan fingerprint density at radius 3 is 2.86 bits per heavy atom. The molecule has 1 aliphatic heterocycles. The second-order valence-corrected chi connectivity index (χ2v) is 3.57. The minimum atomic E-state index is -0.754. The van der Waals surface area contributed by atoms with Crippen LogP contribution in [0.4, 0.5) is 0 Å². The maximum atomic E-state index is 10.3. The average molecular weight is 202 g/mol. The van der Waals surface area contributed by atoms with Crippen LogP contribution in [0, 0.1) is 0 Å². The molecule has 2 atom stereocenters. The number of carbonyl (C=O) groups is 1. The van der Waals surface area contributed by atoms with Crippen molar-refractivity contribution < 1.29 is 14.6 Å². The first-order valence-corrected chi connectivity index (χ1v) is 4.99. The van der Waals surface area contributed by atoms with Crippen LogP contribution in [0.25, 0.3) is 0 Å². The summed E-state index contributed by atoms with van der Waals surface area (Å²) in [5.74, 6) is -0.754. The largest absolute Gasteiger partial charge is 0.481 e. The van der Waals surface area contributed by atoms with Gasteiger partial charge in [0.25, 0.3) is 0 Å². The van der Waals surface area contributed by atoms with Crippen molar-refractivity contribution in [2.75, 3.05) is 19.7 Å². The van der Waals surface area contributed by atoms with Gasteiger partial charge < -0.3 is 20.9 Å². The molecule has 1 saturated heterocycles. The van der Waals surface area contributed by atoms with Gasteiger partial charge in [-0.3, -0.25) is 4.79 Å². The molecule has 0 aromatic carbocycles.